The molecule has 0 saturated carbocycles. The number of nitrogens with one attached hydrogen (secondary N) is 1. The lowest BCUT2D eigenvalue weighted by Crippen LogP contribution is -1.91. The van der Waals surface area contributed by atoms with Crippen LogP contribution in [0.4, 0.5) is 10.8 Å². The Morgan fingerprint density at radius 2 is 1.62 bits per heavy atom. The molecule has 2 aromatic carbocycles. The third-order valence-electron chi connectivity index (χ3n) is 3.03. The molecule has 0 spiro atoms. The average molecular weight is 335 g/mol. The molecule has 0 aliphatic heterocycles. The number of aryl methyl sites for hydroxylation is 1. The van der Waals surface area contributed by atoms with E-state index in [9.17, 15) is 0 Å². The number of nitrogens with zero attached hydrogens (tertiary/aromatic N) is 1. The molecule has 0 aliphatic carbocycles. The summed E-state index contributed by atoms with van der Waals surface area (Å²) in [6.45, 7) is 2.00. The van der Waals surface area contributed by atoms with Crippen LogP contribution in [0.2, 0.25) is 10.0 Å². The van der Waals surface area contributed by atoms with Gasteiger partial charge in [0.25, 0.3) is 0 Å². The summed E-state index contributed by atoms with van der Waals surface area (Å²) in [7, 11) is 0. The first-order chi connectivity index (χ1) is 10.1. The van der Waals surface area contributed by atoms with Gasteiger partial charge in [0.1, 0.15) is 0 Å². The second-order valence-electron chi connectivity index (χ2n) is 4.52. The molecule has 0 radical (unpaired) electrons. The van der Waals surface area contributed by atoms with Gasteiger partial charge in [0.15, 0.2) is 5.13 Å². The Bertz CT molecular complexity index is 749. The Morgan fingerprint density at radius 3 is 2.29 bits per heavy atom. The fraction of sp³-hybridized carbons (Fsp3) is 0.0625. The van der Waals surface area contributed by atoms with E-state index in [1.165, 1.54) is 0 Å². The van der Waals surface area contributed by atoms with Gasteiger partial charge >= 0.3 is 0 Å². The van der Waals surface area contributed by atoms with Crippen molar-refractivity contribution in [1.82, 2.24) is 4.98 Å². The second kappa shape index (κ2) is 6.06. The maximum Gasteiger partial charge on any atom is 0.188 e. The Morgan fingerprint density at radius 1 is 0.952 bits per heavy atom. The Labute approximate surface area is 137 Å². The molecule has 0 unspecified atom stereocenters. The number of para-hydroxylation sites is 1. The van der Waals surface area contributed by atoms with Crippen molar-refractivity contribution in [3.05, 3.63) is 64.3 Å². The van der Waals surface area contributed by atoms with Gasteiger partial charge < -0.3 is 5.32 Å². The highest BCUT2D eigenvalue weighted by Gasteiger charge is 2.12. The van der Waals surface area contributed by atoms with Gasteiger partial charge in [-0.1, -0.05) is 70.9 Å². The molecular weight excluding hydrogens is 323 g/mol. The van der Waals surface area contributed by atoms with Gasteiger partial charge in [-0.2, -0.15) is 0 Å². The lowest BCUT2D eigenvalue weighted by atomic mass is 10.2. The van der Waals surface area contributed by atoms with Crippen LogP contribution in [-0.4, -0.2) is 4.98 Å². The standard InChI is InChI=1S/C16H12Cl2N2S/c1-10-15(11-6-3-2-4-7-11)21-16(19-10)20-14-12(17)8-5-9-13(14)18/h2-9H,1H3,(H,19,20). The first kappa shape index (κ1) is 14.4. The van der Waals surface area contributed by atoms with Crippen LogP contribution >= 0.6 is 34.5 Å². The maximum absolute atomic E-state index is 6.17. The highest BCUT2D eigenvalue weighted by atomic mass is 35.5. The van der Waals surface area contributed by atoms with Crippen LogP contribution in [0.3, 0.4) is 0 Å². The van der Waals surface area contributed by atoms with Crippen LogP contribution in [0, 0.1) is 6.92 Å². The van der Waals surface area contributed by atoms with E-state index in [-0.39, 0.29) is 0 Å². The van der Waals surface area contributed by atoms with E-state index in [0.29, 0.717) is 15.7 Å². The summed E-state index contributed by atoms with van der Waals surface area (Å²) in [6, 6.07) is 15.6. The lowest BCUT2D eigenvalue weighted by molar-refractivity contribution is 1.26. The zero-order chi connectivity index (χ0) is 14.8. The zero-order valence-electron chi connectivity index (χ0n) is 11.2. The van der Waals surface area contributed by atoms with E-state index in [1.54, 1.807) is 23.5 Å². The van der Waals surface area contributed by atoms with Crippen molar-refractivity contribution in [2.45, 2.75) is 6.92 Å². The number of aromatic nitrogens is 1. The van der Waals surface area contributed by atoms with Crippen molar-refractivity contribution in [3.63, 3.8) is 0 Å². The molecule has 106 valence electrons. The number of rotatable bonds is 3. The monoisotopic (exact) mass is 334 g/mol. The molecule has 3 aromatic rings. The third-order valence-corrected chi connectivity index (χ3v) is 4.78. The van der Waals surface area contributed by atoms with E-state index < -0.39 is 0 Å². The Hall–Kier alpha value is -1.55. The molecule has 0 amide bonds. The van der Waals surface area contributed by atoms with Crippen molar-refractivity contribution >= 4 is 45.4 Å². The third kappa shape index (κ3) is 3.05. The van der Waals surface area contributed by atoms with Crippen LogP contribution in [-0.2, 0) is 0 Å². The minimum Gasteiger partial charge on any atom is -0.329 e. The number of thiazole rings is 1. The topological polar surface area (TPSA) is 24.9 Å². The highest BCUT2D eigenvalue weighted by Crippen LogP contribution is 2.37. The molecule has 3 rings (SSSR count). The molecule has 5 heteroatoms. The van der Waals surface area contributed by atoms with Gasteiger partial charge in [0.05, 0.1) is 26.3 Å². The molecule has 0 atom stereocenters. The summed E-state index contributed by atoms with van der Waals surface area (Å²) < 4.78 is 0. The molecular formula is C16H12Cl2N2S. The van der Waals surface area contributed by atoms with Crippen molar-refractivity contribution in [2.75, 3.05) is 5.32 Å². The van der Waals surface area contributed by atoms with Gasteiger partial charge in [-0.3, -0.25) is 0 Å². The van der Waals surface area contributed by atoms with Gasteiger partial charge in [-0.05, 0) is 24.6 Å². The van der Waals surface area contributed by atoms with Crippen LogP contribution in [0.1, 0.15) is 5.69 Å². The summed E-state index contributed by atoms with van der Waals surface area (Å²) >= 11 is 13.9. The summed E-state index contributed by atoms with van der Waals surface area (Å²) in [5.41, 5.74) is 2.83. The van der Waals surface area contributed by atoms with Crippen molar-refractivity contribution in [3.8, 4) is 10.4 Å². The summed E-state index contributed by atoms with van der Waals surface area (Å²) in [5.74, 6) is 0. The van der Waals surface area contributed by atoms with E-state index in [0.717, 1.165) is 21.3 Å². The van der Waals surface area contributed by atoms with Gasteiger partial charge in [-0.25, -0.2) is 4.98 Å². The smallest absolute Gasteiger partial charge is 0.188 e. The van der Waals surface area contributed by atoms with Crippen molar-refractivity contribution in [1.29, 1.82) is 0 Å². The number of anilines is 2. The zero-order valence-corrected chi connectivity index (χ0v) is 13.6. The summed E-state index contributed by atoms with van der Waals surface area (Å²) in [4.78, 5) is 5.69. The fourth-order valence-electron chi connectivity index (χ4n) is 2.03. The molecule has 1 heterocycles. The quantitative estimate of drug-likeness (QED) is 0.619. The predicted octanol–water partition coefficient (Wildman–Crippen LogP) is 6.17. The Kier molecular flexibility index (Phi) is 4.15. The predicted molar refractivity (Wildman–Crippen MR) is 92.0 cm³/mol. The molecule has 1 N–H and O–H groups in total. The minimum absolute atomic E-state index is 0.580. The van der Waals surface area contributed by atoms with Crippen LogP contribution < -0.4 is 5.32 Å². The SMILES string of the molecule is Cc1nc(Nc2c(Cl)cccc2Cl)sc1-c1ccccc1. The summed E-state index contributed by atoms with van der Waals surface area (Å²) in [6.07, 6.45) is 0. The van der Waals surface area contributed by atoms with Gasteiger partial charge in [0.2, 0.25) is 0 Å². The number of benzene rings is 2. The van der Waals surface area contributed by atoms with E-state index >= 15 is 0 Å². The molecule has 0 saturated heterocycles. The molecule has 0 fully saturated rings. The molecule has 0 aliphatic rings. The first-order valence-electron chi connectivity index (χ1n) is 6.39. The van der Waals surface area contributed by atoms with Crippen LogP contribution in [0.25, 0.3) is 10.4 Å². The molecule has 0 bridgehead atoms. The van der Waals surface area contributed by atoms with E-state index in [1.807, 2.05) is 31.2 Å². The fourth-order valence-corrected chi connectivity index (χ4v) is 3.50. The number of hydrogen-bond donors (Lipinski definition) is 1. The van der Waals surface area contributed by atoms with Gasteiger partial charge in [0, 0.05) is 0 Å². The first-order valence-corrected chi connectivity index (χ1v) is 7.96. The lowest BCUT2D eigenvalue weighted by Gasteiger charge is -2.06. The van der Waals surface area contributed by atoms with E-state index in [4.69, 9.17) is 23.2 Å². The molecule has 2 nitrogen and oxygen atoms in total. The normalized spacial score (nSPS) is 10.6. The van der Waals surface area contributed by atoms with Crippen molar-refractivity contribution < 1.29 is 0 Å². The van der Waals surface area contributed by atoms with Crippen LogP contribution in [0.15, 0.2) is 48.5 Å². The highest BCUT2D eigenvalue weighted by molar-refractivity contribution is 7.19. The van der Waals surface area contributed by atoms with Crippen molar-refractivity contribution in [2.24, 2.45) is 0 Å². The van der Waals surface area contributed by atoms with E-state index in [2.05, 4.69) is 22.4 Å². The molecule has 21 heavy (non-hydrogen) atoms. The average Bonchev–Trinajstić information content (AvgIpc) is 2.85. The van der Waals surface area contributed by atoms with Gasteiger partial charge in [-0.15, -0.1) is 0 Å². The minimum atomic E-state index is 0.580. The largest absolute Gasteiger partial charge is 0.329 e. The van der Waals surface area contributed by atoms with Crippen LogP contribution in [0.5, 0.6) is 0 Å². The molecule has 1 aromatic heterocycles. The second-order valence-corrected chi connectivity index (χ2v) is 6.33. The Balaban J connectivity index is 1.95. The maximum atomic E-state index is 6.17. The number of halogens is 2. The summed E-state index contributed by atoms with van der Waals surface area (Å²) in [5, 5.41) is 5.15. The number of hydrogen-bond acceptors (Lipinski definition) is 3.